The van der Waals surface area contributed by atoms with Crippen molar-refractivity contribution in [2.45, 2.75) is 28.6 Å². The van der Waals surface area contributed by atoms with Gasteiger partial charge in [0.15, 0.2) is 4.34 Å². The van der Waals surface area contributed by atoms with E-state index in [0.717, 1.165) is 26.2 Å². The van der Waals surface area contributed by atoms with Crippen LogP contribution in [-0.2, 0) is 6.42 Å². The summed E-state index contributed by atoms with van der Waals surface area (Å²) < 4.78 is 2.21. The summed E-state index contributed by atoms with van der Waals surface area (Å²) in [5.41, 5.74) is 8.03. The van der Waals surface area contributed by atoms with E-state index in [9.17, 15) is 0 Å². The van der Waals surface area contributed by atoms with Crippen molar-refractivity contribution in [3.8, 4) is 0 Å². The number of hydrogen-bond donors (Lipinski definition) is 1. The van der Waals surface area contributed by atoms with Crippen LogP contribution in [0.25, 0.3) is 10.2 Å². The third kappa shape index (κ3) is 3.58. The minimum absolute atomic E-state index is 0.142. The first-order valence-electron chi connectivity index (χ1n) is 6.69. The van der Waals surface area contributed by atoms with Crippen LogP contribution in [0.4, 0.5) is 0 Å². The second-order valence-corrected chi connectivity index (χ2v) is 7.72. The van der Waals surface area contributed by atoms with Crippen LogP contribution in [-0.4, -0.2) is 11.0 Å². The van der Waals surface area contributed by atoms with Gasteiger partial charge in [0.05, 0.1) is 15.2 Å². The Labute approximate surface area is 137 Å². The highest BCUT2D eigenvalue weighted by molar-refractivity contribution is 8.01. The van der Waals surface area contributed by atoms with Gasteiger partial charge < -0.3 is 5.73 Å². The highest BCUT2D eigenvalue weighted by atomic mass is 35.5. The molecule has 1 atom stereocenters. The van der Waals surface area contributed by atoms with Gasteiger partial charge in [0.25, 0.3) is 0 Å². The molecule has 108 valence electrons. The van der Waals surface area contributed by atoms with Gasteiger partial charge in [0, 0.05) is 10.9 Å². The van der Waals surface area contributed by atoms with Crippen molar-refractivity contribution in [3.05, 3.63) is 53.1 Å². The van der Waals surface area contributed by atoms with Crippen molar-refractivity contribution in [2.24, 2.45) is 5.73 Å². The third-order valence-electron chi connectivity index (χ3n) is 3.03. The fourth-order valence-corrected chi connectivity index (χ4v) is 4.46. The fraction of sp³-hybridized carbons (Fsp3) is 0.188. The molecule has 1 unspecified atom stereocenters. The van der Waals surface area contributed by atoms with Crippen LogP contribution in [0.2, 0.25) is 5.02 Å². The number of para-hydroxylation sites is 1. The molecule has 0 spiro atoms. The monoisotopic (exact) mass is 334 g/mol. The van der Waals surface area contributed by atoms with E-state index in [1.807, 2.05) is 31.2 Å². The average Bonchev–Trinajstić information content (AvgIpc) is 2.83. The van der Waals surface area contributed by atoms with Crippen molar-refractivity contribution in [2.75, 3.05) is 0 Å². The molecule has 2 nitrogen and oxygen atoms in total. The molecule has 0 aliphatic carbocycles. The van der Waals surface area contributed by atoms with Crippen molar-refractivity contribution in [1.82, 2.24) is 4.98 Å². The fourth-order valence-electron chi connectivity index (χ4n) is 2.11. The van der Waals surface area contributed by atoms with Gasteiger partial charge in [-0.3, -0.25) is 0 Å². The Morgan fingerprint density at radius 2 is 2.10 bits per heavy atom. The van der Waals surface area contributed by atoms with Gasteiger partial charge in [0.1, 0.15) is 0 Å². The van der Waals surface area contributed by atoms with Crippen molar-refractivity contribution < 1.29 is 0 Å². The maximum Gasteiger partial charge on any atom is 0.155 e. The molecule has 0 bridgehead atoms. The van der Waals surface area contributed by atoms with Crippen LogP contribution < -0.4 is 5.73 Å². The molecule has 21 heavy (non-hydrogen) atoms. The zero-order chi connectivity index (χ0) is 14.8. The summed E-state index contributed by atoms with van der Waals surface area (Å²) in [5, 5.41) is 0.761. The second-order valence-electron chi connectivity index (χ2n) is 5.00. The zero-order valence-corrected chi connectivity index (χ0v) is 13.9. The molecule has 1 heterocycles. The van der Waals surface area contributed by atoms with Gasteiger partial charge in [-0.05, 0) is 43.2 Å². The van der Waals surface area contributed by atoms with Crippen molar-refractivity contribution >= 4 is 44.9 Å². The topological polar surface area (TPSA) is 38.9 Å². The average molecular weight is 335 g/mol. The summed E-state index contributed by atoms with van der Waals surface area (Å²) in [6.45, 7) is 2.00. The minimum atomic E-state index is 0.142. The standard InChI is InChI=1S/C16H15ClN2S2/c1-10(18)8-11-6-7-14(12(17)9-11)20-16-19-13-4-2-3-5-15(13)21-16/h2-7,9-10H,8,18H2,1H3. The summed E-state index contributed by atoms with van der Waals surface area (Å²) in [6, 6.07) is 14.4. The first-order chi connectivity index (χ1) is 10.1. The smallest absolute Gasteiger partial charge is 0.155 e. The quantitative estimate of drug-likeness (QED) is 0.730. The maximum absolute atomic E-state index is 6.38. The number of rotatable bonds is 4. The number of nitrogens with two attached hydrogens (primary N) is 1. The van der Waals surface area contributed by atoms with Crippen LogP contribution in [0.1, 0.15) is 12.5 Å². The third-order valence-corrected chi connectivity index (χ3v) is 5.62. The molecule has 0 saturated heterocycles. The van der Waals surface area contributed by atoms with Crippen LogP contribution in [0, 0.1) is 0 Å². The molecule has 2 aromatic carbocycles. The molecule has 3 aromatic rings. The SMILES string of the molecule is CC(N)Cc1ccc(Sc2nc3ccccc3s2)c(Cl)c1. The van der Waals surface area contributed by atoms with Gasteiger partial charge in [-0.15, -0.1) is 11.3 Å². The predicted molar refractivity (Wildman–Crippen MR) is 92.5 cm³/mol. The number of nitrogens with zero attached hydrogens (tertiary/aromatic N) is 1. The molecule has 0 saturated carbocycles. The van der Waals surface area contributed by atoms with E-state index in [-0.39, 0.29) is 6.04 Å². The van der Waals surface area contributed by atoms with E-state index in [1.165, 1.54) is 10.3 Å². The van der Waals surface area contributed by atoms with E-state index < -0.39 is 0 Å². The molecule has 3 rings (SSSR count). The lowest BCUT2D eigenvalue weighted by Crippen LogP contribution is -2.17. The lowest BCUT2D eigenvalue weighted by Gasteiger charge is -2.07. The van der Waals surface area contributed by atoms with Gasteiger partial charge in [0.2, 0.25) is 0 Å². The lowest BCUT2D eigenvalue weighted by molar-refractivity contribution is 0.738. The van der Waals surface area contributed by atoms with E-state index >= 15 is 0 Å². The molecule has 5 heteroatoms. The molecule has 1 aromatic heterocycles. The summed E-state index contributed by atoms with van der Waals surface area (Å²) in [6.07, 6.45) is 0.839. The molecule has 2 N–H and O–H groups in total. The first-order valence-corrected chi connectivity index (χ1v) is 8.70. The van der Waals surface area contributed by atoms with Crippen LogP contribution in [0.15, 0.2) is 51.7 Å². The minimum Gasteiger partial charge on any atom is -0.328 e. The molecule has 0 amide bonds. The Hall–Kier alpha value is -1.07. The number of halogens is 1. The number of thiazole rings is 1. The Balaban J connectivity index is 1.84. The number of fused-ring (bicyclic) bond motifs is 1. The van der Waals surface area contributed by atoms with Crippen LogP contribution >= 0.6 is 34.7 Å². The van der Waals surface area contributed by atoms with Gasteiger partial charge in [-0.25, -0.2) is 4.98 Å². The summed E-state index contributed by atoms with van der Waals surface area (Å²) in [4.78, 5) is 5.65. The summed E-state index contributed by atoms with van der Waals surface area (Å²) in [7, 11) is 0. The van der Waals surface area contributed by atoms with Crippen molar-refractivity contribution in [1.29, 1.82) is 0 Å². The highest BCUT2D eigenvalue weighted by Crippen LogP contribution is 2.37. The molecule has 0 fully saturated rings. The largest absolute Gasteiger partial charge is 0.328 e. The van der Waals surface area contributed by atoms with E-state index in [2.05, 4.69) is 23.2 Å². The molecule has 0 radical (unpaired) electrons. The Morgan fingerprint density at radius 3 is 2.81 bits per heavy atom. The molecule has 0 aliphatic heterocycles. The number of aromatic nitrogens is 1. The van der Waals surface area contributed by atoms with Crippen LogP contribution in [0.3, 0.4) is 0 Å². The van der Waals surface area contributed by atoms with E-state index in [1.54, 1.807) is 23.1 Å². The van der Waals surface area contributed by atoms with Crippen LogP contribution in [0.5, 0.6) is 0 Å². The van der Waals surface area contributed by atoms with Gasteiger partial charge in [-0.2, -0.15) is 0 Å². The number of hydrogen-bond acceptors (Lipinski definition) is 4. The highest BCUT2D eigenvalue weighted by Gasteiger charge is 2.09. The lowest BCUT2D eigenvalue weighted by atomic mass is 10.1. The summed E-state index contributed by atoms with van der Waals surface area (Å²) >= 11 is 9.68. The number of benzene rings is 2. The zero-order valence-electron chi connectivity index (χ0n) is 11.5. The molecule has 0 aliphatic rings. The molecular formula is C16H15ClN2S2. The summed E-state index contributed by atoms with van der Waals surface area (Å²) in [5.74, 6) is 0. The van der Waals surface area contributed by atoms with E-state index in [0.29, 0.717) is 0 Å². The Kier molecular flexibility index (Phi) is 4.50. The van der Waals surface area contributed by atoms with Crippen molar-refractivity contribution in [3.63, 3.8) is 0 Å². The predicted octanol–water partition coefficient (Wildman–Crippen LogP) is 4.99. The Bertz CT molecular complexity index is 735. The van der Waals surface area contributed by atoms with E-state index in [4.69, 9.17) is 17.3 Å². The maximum atomic E-state index is 6.38. The second kappa shape index (κ2) is 6.36. The van der Waals surface area contributed by atoms with Gasteiger partial charge >= 0.3 is 0 Å². The molecular weight excluding hydrogens is 320 g/mol. The first kappa shape index (κ1) is 14.9. The Morgan fingerprint density at radius 1 is 1.29 bits per heavy atom. The van der Waals surface area contributed by atoms with Gasteiger partial charge in [-0.1, -0.05) is 41.6 Å². The normalized spacial score (nSPS) is 12.7.